The van der Waals surface area contributed by atoms with E-state index in [1.54, 1.807) is 0 Å². The molecule has 0 aliphatic carbocycles. The summed E-state index contributed by atoms with van der Waals surface area (Å²) in [5.74, 6) is -0.730. The lowest BCUT2D eigenvalue weighted by atomic mass is 10.6. The quantitative estimate of drug-likeness (QED) is 0.410. The van der Waals surface area contributed by atoms with Gasteiger partial charge in [0.2, 0.25) is 11.8 Å². The minimum absolute atomic E-state index is 0.0642. The van der Waals surface area contributed by atoms with Crippen LogP contribution in [-0.4, -0.2) is 30.2 Å². The Hall–Kier alpha value is -1.10. The molecule has 0 heterocycles. The van der Waals surface area contributed by atoms with Gasteiger partial charge in [-0.1, -0.05) is 0 Å². The van der Waals surface area contributed by atoms with Crippen molar-refractivity contribution < 1.29 is 14.7 Å². The van der Waals surface area contributed by atoms with E-state index in [1.165, 1.54) is 6.92 Å². The Balaban J connectivity index is 3.20. The molecule has 0 bridgehead atoms. The summed E-state index contributed by atoms with van der Waals surface area (Å²) in [5.41, 5.74) is 0. The number of amides is 2. The Bertz CT molecular complexity index is 135. The molecular weight excluding hydrogens is 136 g/mol. The van der Waals surface area contributed by atoms with Gasteiger partial charge in [-0.25, -0.2) is 0 Å². The summed E-state index contributed by atoms with van der Waals surface area (Å²) < 4.78 is 0. The lowest BCUT2D eigenvalue weighted by Gasteiger charge is -2.01. The molecule has 10 heavy (non-hydrogen) atoms. The Labute approximate surface area is 58.4 Å². The van der Waals surface area contributed by atoms with Gasteiger partial charge in [0.15, 0.2) is 0 Å². The van der Waals surface area contributed by atoms with Gasteiger partial charge in [0.05, 0.1) is 6.67 Å². The standard InChI is InChI=1S/C5H10N2O3/c1-4(9)6-3-7-5(10)2-8/h8H,2-3H2,1H3,(H,6,9)(H,7,10). The van der Waals surface area contributed by atoms with Crippen molar-refractivity contribution in [3.63, 3.8) is 0 Å². The van der Waals surface area contributed by atoms with Gasteiger partial charge in [0.1, 0.15) is 6.61 Å². The average Bonchev–Trinajstić information content (AvgIpc) is 1.87. The van der Waals surface area contributed by atoms with Crippen molar-refractivity contribution in [2.45, 2.75) is 6.92 Å². The van der Waals surface area contributed by atoms with Crippen molar-refractivity contribution >= 4 is 11.8 Å². The Morgan fingerprint density at radius 2 is 2.00 bits per heavy atom. The molecule has 0 spiro atoms. The normalized spacial score (nSPS) is 8.60. The smallest absolute Gasteiger partial charge is 0.247 e. The lowest BCUT2D eigenvalue weighted by Crippen LogP contribution is -2.37. The average molecular weight is 146 g/mol. The molecule has 0 saturated heterocycles. The zero-order chi connectivity index (χ0) is 7.98. The molecular formula is C5H10N2O3. The predicted molar refractivity (Wildman–Crippen MR) is 33.9 cm³/mol. The van der Waals surface area contributed by atoms with E-state index in [0.29, 0.717) is 0 Å². The number of aliphatic hydroxyl groups is 1. The van der Waals surface area contributed by atoms with Crippen molar-refractivity contribution in [1.29, 1.82) is 0 Å². The number of hydrogen-bond acceptors (Lipinski definition) is 3. The zero-order valence-electron chi connectivity index (χ0n) is 5.68. The van der Waals surface area contributed by atoms with Gasteiger partial charge in [0, 0.05) is 6.92 Å². The molecule has 3 N–H and O–H groups in total. The van der Waals surface area contributed by atoms with Crippen LogP contribution in [0.2, 0.25) is 0 Å². The third-order valence-corrected chi connectivity index (χ3v) is 0.766. The Morgan fingerprint density at radius 1 is 1.40 bits per heavy atom. The van der Waals surface area contributed by atoms with Crippen molar-refractivity contribution in [1.82, 2.24) is 10.6 Å². The number of hydrogen-bond donors (Lipinski definition) is 3. The first-order chi connectivity index (χ1) is 4.66. The van der Waals surface area contributed by atoms with Crippen molar-refractivity contribution in [2.75, 3.05) is 13.3 Å². The van der Waals surface area contributed by atoms with E-state index >= 15 is 0 Å². The van der Waals surface area contributed by atoms with Crippen LogP contribution in [0.15, 0.2) is 0 Å². The first-order valence-corrected chi connectivity index (χ1v) is 2.79. The van der Waals surface area contributed by atoms with Crippen LogP contribution in [-0.2, 0) is 9.59 Å². The van der Waals surface area contributed by atoms with Gasteiger partial charge >= 0.3 is 0 Å². The summed E-state index contributed by atoms with van der Waals surface area (Å²) in [6.45, 7) is 0.847. The molecule has 58 valence electrons. The third kappa shape index (κ3) is 5.04. The lowest BCUT2D eigenvalue weighted by molar-refractivity contribution is -0.124. The summed E-state index contributed by atoms with van der Waals surface area (Å²) >= 11 is 0. The van der Waals surface area contributed by atoms with Gasteiger partial charge in [-0.3, -0.25) is 9.59 Å². The molecule has 0 aliphatic heterocycles. The molecule has 0 aromatic carbocycles. The second kappa shape index (κ2) is 4.75. The number of carbonyl (C=O) groups is 2. The Morgan fingerprint density at radius 3 is 2.40 bits per heavy atom. The predicted octanol–water partition coefficient (Wildman–Crippen LogP) is -1.81. The number of carbonyl (C=O) groups excluding carboxylic acids is 2. The molecule has 0 aromatic heterocycles. The molecule has 0 aromatic rings. The van der Waals surface area contributed by atoms with Gasteiger partial charge < -0.3 is 15.7 Å². The molecule has 0 unspecified atom stereocenters. The van der Waals surface area contributed by atoms with E-state index in [-0.39, 0.29) is 12.6 Å². The zero-order valence-corrected chi connectivity index (χ0v) is 5.68. The van der Waals surface area contributed by atoms with Crippen LogP contribution in [0.5, 0.6) is 0 Å². The van der Waals surface area contributed by atoms with Crippen LogP contribution < -0.4 is 10.6 Å². The second-order valence-electron chi connectivity index (χ2n) is 1.67. The highest BCUT2D eigenvalue weighted by Crippen LogP contribution is 1.60. The topological polar surface area (TPSA) is 78.4 Å². The van der Waals surface area contributed by atoms with E-state index in [4.69, 9.17) is 5.11 Å². The van der Waals surface area contributed by atoms with Gasteiger partial charge in [-0.15, -0.1) is 0 Å². The third-order valence-electron chi connectivity index (χ3n) is 0.766. The fraction of sp³-hybridized carbons (Fsp3) is 0.600. The number of nitrogens with one attached hydrogen (secondary N) is 2. The fourth-order valence-corrected chi connectivity index (χ4v) is 0.323. The van der Waals surface area contributed by atoms with Gasteiger partial charge in [0.25, 0.3) is 0 Å². The summed E-state index contributed by atoms with van der Waals surface area (Å²) in [6.07, 6.45) is 0. The van der Waals surface area contributed by atoms with Crippen LogP contribution >= 0.6 is 0 Å². The molecule has 5 nitrogen and oxygen atoms in total. The van der Waals surface area contributed by atoms with Gasteiger partial charge in [-0.05, 0) is 0 Å². The molecule has 0 saturated carbocycles. The first kappa shape index (κ1) is 8.90. The van der Waals surface area contributed by atoms with E-state index in [9.17, 15) is 9.59 Å². The largest absolute Gasteiger partial charge is 0.387 e. The maximum absolute atomic E-state index is 10.3. The maximum atomic E-state index is 10.3. The minimum Gasteiger partial charge on any atom is -0.387 e. The number of aliphatic hydroxyl groups excluding tert-OH is 1. The van der Waals surface area contributed by atoms with E-state index in [1.807, 2.05) is 0 Å². The van der Waals surface area contributed by atoms with E-state index in [2.05, 4.69) is 10.6 Å². The summed E-state index contributed by atoms with van der Waals surface area (Å²) in [5, 5.41) is 12.7. The summed E-state index contributed by atoms with van der Waals surface area (Å²) in [7, 11) is 0. The monoisotopic (exact) mass is 146 g/mol. The first-order valence-electron chi connectivity index (χ1n) is 2.79. The van der Waals surface area contributed by atoms with Gasteiger partial charge in [-0.2, -0.15) is 0 Å². The molecule has 2 amide bonds. The van der Waals surface area contributed by atoms with Crippen LogP contribution in [0, 0.1) is 0 Å². The minimum atomic E-state index is -0.556. The van der Waals surface area contributed by atoms with Crippen LogP contribution in [0.3, 0.4) is 0 Å². The maximum Gasteiger partial charge on any atom is 0.247 e. The molecule has 0 radical (unpaired) electrons. The van der Waals surface area contributed by atoms with Crippen LogP contribution in [0.1, 0.15) is 6.92 Å². The highest BCUT2D eigenvalue weighted by atomic mass is 16.3. The highest BCUT2D eigenvalue weighted by Gasteiger charge is 1.95. The van der Waals surface area contributed by atoms with Crippen molar-refractivity contribution in [3.8, 4) is 0 Å². The Kier molecular flexibility index (Phi) is 4.23. The van der Waals surface area contributed by atoms with Crippen LogP contribution in [0.25, 0.3) is 0 Å². The van der Waals surface area contributed by atoms with E-state index < -0.39 is 12.5 Å². The van der Waals surface area contributed by atoms with Crippen LogP contribution in [0.4, 0.5) is 0 Å². The van der Waals surface area contributed by atoms with Crippen molar-refractivity contribution in [3.05, 3.63) is 0 Å². The molecule has 0 rings (SSSR count). The fourth-order valence-electron chi connectivity index (χ4n) is 0.323. The van der Waals surface area contributed by atoms with E-state index in [0.717, 1.165) is 0 Å². The van der Waals surface area contributed by atoms with Crippen molar-refractivity contribution in [2.24, 2.45) is 0 Å². The molecule has 5 heteroatoms. The molecule has 0 aliphatic rings. The molecule has 0 fully saturated rings. The second-order valence-corrected chi connectivity index (χ2v) is 1.67. The number of rotatable bonds is 3. The summed E-state index contributed by atoms with van der Waals surface area (Å²) in [6, 6.07) is 0. The SMILES string of the molecule is CC(=O)NCNC(=O)CO. The highest BCUT2D eigenvalue weighted by molar-refractivity contribution is 5.78. The summed E-state index contributed by atoms with van der Waals surface area (Å²) in [4.78, 5) is 20.5. The molecule has 0 atom stereocenters.